The SMILES string of the molecule is CC[C@@]1(O)C(=O)OCc2c1cc1n(c2=O)Cc2c-1c(=O)c1cc(F)c(CCO)c3c1n2CCS3. The first-order chi connectivity index (χ1) is 16.3. The van der Waals surface area contributed by atoms with Gasteiger partial charge in [-0.2, -0.15) is 0 Å². The standard InChI is InChI=1S/C24H21FN2O6S/c1-2-24(32)14-8-16-18-17(9-27(16)22(30)13(14)10-33-23(24)31)26-4-6-34-21-11(3-5-28)15(25)7-12(19(21)26)20(18)29/h7-8,28,32H,2-6,9-10H2,1H3/t24-/m0/s1. The number of hydrogen-bond acceptors (Lipinski definition) is 7. The fourth-order valence-electron chi connectivity index (χ4n) is 5.46. The van der Waals surface area contributed by atoms with Crippen LogP contribution in [-0.2, 0) is 41.2 Å². The first-order valence-corrected chi connectivity index (χ1v) is 12.1. The lowest BCUT2D eigenvalue weighted by atomic mass is 9.85. The predicted octanol–water partition coefficient (Wildman–Crippen LogP) is 1.63. The van der Waals surface area contributed by atoms with Gasteiger partial charge in [-0.05, 0) is 25.0 Å². The Morgan fingerprint density at radius 1 is 1.24 bits per heavy atom. The van der Waals surface area contributed by atoms with Crippen molar-refractivity contribution < 1.29 is 24.1 Å². The van der Waals surface area contributed by atoms with Crippen LogP contribution in [-0.4, -0.2) is 37.7 Å². The van der Waals surface area contributed by atoms with E-state index in [1.165, 1.54) is 22.4 Å². The number of aliphatic hydroxyl groups is 2. The molecule has 10 heteroatoms. The highest BCUT2D eigenvalue weighted by Gasteiger charge is 2.45. The highest BCUT2D eigenvalue weighted by molar-refractivity contribution is 7.99. The number of halogens is 1. The molecular weight excluding hydrogens is 463 g/mol. The molecule has 3 aromatic rings. The Hall–Kier alpha value is -2.95. The van der Waals surface area contributed by atoms with Crippen molar-refractivity contribution in [1.29, 1.82) is 0 Å². The van der Waals surface area contributed by atoms with Crippen LogP contribution in [0.2, 0.25) is 0 Å². The molecule has 34 heavy (non-hydrogen) atoms. The summed E-state index contributed by atoms with van der Waals surface area (Å²) in [5.74, 6) is -0.715. The third kappa shape index (κ3) is 2.58. The number of thioether (sulfide) groups is 1. The second-order valence-electron chi connectivity index (χ2n) is 8.79. The number of hydrogen-bond donors (Lipinski definition) is 2. The molecule has 3 aliphatic heterocycles. The number of aryl methyl sites for hydroxylation is 1. The molecule has 0 aliphatic carbocycles. The van der Waals surface area contributed by atoms with Crippen LogP contribution in [0, 0.1) is 5.82 Å². The number of nitrogens with zero attached hydrogens (tertiary/aromatic N) is 2. The Bertz CT molecular complexity index is 1560. The van der Waals surface area contributed by atoms with Crippen LogP contribution in [0.1, 0.15) is 35.7 Å². The molecule has 1 atom stereocenters. The minimum atomic E-state index is -1.97. The average Bonchev–Trinajstić information content (AvgIpc) is 3.22. The van der Waals surface area contributed by atoms with E-state index in [1.54, 1.807) is 13.0 Å². The molecule has 0 amide bonds. The van der Waals surface area contributed by atoms with Crippen LogP contribution in [0.3, 0.4) is 0 Å². The molecule has 176 valence electrons. The van der Waals surface area contributed by atoms with Gasteiger partial charge < -0.3 is 24.1 Å². The Labute approximate surface area is 196 Å². The van der Waals surface area contributed by atoms with Crippen LogP contribution in [0.15, 0.2) is 26.6 Å². The van der Waals surface area contributed by atoms with Crippen molar-refractivity contribution in [3.05, 3.63) is 60.9 Å². The van der Waals surface area contributed by atoms with Gasteiger partial charge in [0.2, 0.25) is 0 Å². The van der Waals surface area contributed by atoms with Crippen LogP contribution >= 0.6 is 11.8 Å². The van der Waals surface area contributed by atoms with E-state index in [-0.39, 0.29) is 54.7 Å². The van der Waals surface area contributed by atoms with Gasteiger partial charge >= 0.3 is 5.97 Å². The monoisotopic (exact) mass is 484 g/mol. The summed E-state index contributed by atoms with van der Waals surface area (Å²) in [4.78, 5) is 40.2. The number of pyridine rings is 2. The topological polar surface area (TPSA) is 111 Å². The summed E-state index contributed by atoms with van der Waals surface area (Å²) in [5, 5.41) is 20.7. The third-order valence-corrected chi connectivity index (χ3v) is 8.30. The van der Waals surface area contributed by atoms with Gasteiger partial charge in [-0.15, -0.1) is 11.8 Å². The zero-order valence-electron chi connectivity index (χ0n) is 18.3. The second kappa shape index (κ2) is 7.27. The molecule has 2 aromatic heterocycles. The van der Waals surface area contributed by atoms with Gasteiger partial charge in [0.1, 0.15) is 12.4 Å². The number of carbonyl (C=O) groups excluding carboxylic acids is 1. The first-order valence-electron chi connectivity index (χ1n) is 11.1. The fraction of sp³-hybridized carbons (Fsp3) is 0.375. The van der Waals surface area contributed by atoms with Crippen LogP contribution in [0.5, 0.6) is 0 Å². The van der Waals surface area contributed by atoms with E-state index in [4.69, 9.17) is 4.74 Å². The van der Waals surface area contributed by atoms with Gasteiger partial charge in [0.05, 0.1) is 40.0 Å². The number of rotatable bonds is 3. The zero-order chi connectivity index (χ0) is 23.9. The lowest BCUT2D eigenvalue weighted by Gasteiger charge is -2.31. The Balaban J connectivity index is 1.70. The minimum Gasteiger partial charge on any atom is -0.458 e. The van der Waals surface area contributed by atoms with E-state index < -0.39 is 28.4 Å². The minimum absolute atomic E-state index is 0.00989. The predicted molar refractivity (Wildman–Crippen MR) is 122 cm³/mol. The summed E-state index contributed by atoms with van der Waals surface area (Å²) >= 11 is 1.46. The highest BCUT2D eigenvalue weighted by Crippen LogP contribution is 2.42. The summed E-state index contributed by atoms with van der Waals surface area (Å²) < 4.78 is 23.5. The quantitative estimate of drug-likeness (QED) is 0.425. The third-order valence-electron chi connectivity index (χ3n) is 7.19. The Morgan fingerprint density at radius 3 is 2.76 bits per heavy atom. The van der Waals surface area contributed by atoms with E-state index in [9.17, 15) is 24.6 Å². The zero-order valence-corrected chi connectivity index (χ0v) is 19.1. The molecule has 0 radical (unpaired) electrons. The number of ether oxygens (including phenoxy) is 1. The van der Waals surface area contributed by atoms with Gasteiger partial charge in [-0.3, -0.25) is 9.59 Å². The number of aliphatic hydroxyl groups excluding tert-OH is 1. The fourth-order valence-corrected chi connectivity index (χ4v) is 6.67. The molecular formula is C24H21FN2O6S. The first kappa shape index (κ1) is 21.6. The van der Waals surface area contributed by atoms with Gasteiger partial charge in [0.15, 0.2) is 11.0 Å². The van der Waals surface area contributed by atoms with Gasteiger partial charge in [0.25, 0.3) is 5.56 Å². The lowest BCUT2D eigenvalue weighted by Crippen LogP contribution is -2.44. The number of fused-ring (bicyclic) bond motifs is 5. The Morgan fingerprint density at radius 2 is 2.03 bits per heavy atom. The highest BCUT2D eigenvalue weighted by atomic mass is 32.2. The van der Waals surface area contributed by atoms with E-state index in [2.05, 4.69) is 0 Å². The van der Waals surface area contributed by atoms with E-state index in [0.717, 1.165) is 0 Å². The summed E-state index contributed by atoms with van der Waals surface area (Å²) in [6.07, 6.45) is 0.154. The lowest BCUT2D eigenvalue weighted by molar-refractivity contribution is -0.172. The van der Waals surface area contributed by atoms with E-state index in [0.29, 0.717) is 39.7 Å². The number of benzene rings is 1. The number of cyclic esters (lactones) is 1. The van der Waals surface area contributed by atoms with Crippen LogP contribution < -0.4 is 11.0 Å². The molecule has 0 saturated heterocycles. The summed E-state index contributed by atoms with van der Waals surface area (Å²) in [6.45, 7) is 1.89. The molecule has 6 rings (SSSR count). The van der Waals surface area contributed by atoms with Crippen LogP contribution in [0.4, 0.5) is 4.39 Å². The molecule has 0 spiro atoms. The molecule has 0 unspecified atom stereocenters. The number of esters is 1. The summed E-state index contributed by atoms with van der Waals surface area (Å²) in [5.41, 5.74) is -0.168. The molecule has 2 N–H and O–H groups in total. The van der Waals surface area contributed by atoms with Crippen molar-refractivity contribution >= 4 is 28.6 Å². The maximum Gasteiger partial charge on any atom is 0.343 e. The largest absolute Gasteiger partial charge is 0.458 e. The van der Waals surface area contributed by atoms with Crippen molar-refractivity contribution in [3.63, 3.8) is 0 Å². The van der Waals surface area contributed by atoms with Gasteiger partial charge in [0, 0.05) is 34.9 Å². The Kier molecular flexibility index (Phi) is 4.61. The van der Waals surface area contributed by atoms with E-state index >= 15 is 4.39 Å². The molecule has 1 aromatic carbocycles. The maximum atomic E-state index is 15.0. The average molecular weight is 485 g/mol. The number of aromatic nitrogens is 2. The van der Waals surface area contributed by atoms with Crippen molar-refractivity contribution in [3.8, 4) is 11.3 Å². The molecule has 0 fully saturated rings. The van der Waals surface area contributed by atoms with Crippen molar-refractivity contribution in [2.24, 2.45) is 0 Å². The van der Waals surface area contributed by atoms with Gasteiger partial charge in [-0.25, -0.2) is 9.18 Å². The van der Waals surface area contributed by atoms with Crippen molar-refractivity contribution in [2.45, 2.75) is 50.0 Å². The maximum absolute atomic E-state index is 15.0. The van der Waals surface area contributed by atoms with Crippen molar-refractivity contribution in [2.75, 3.05) is 12.4 Å². The molecule has 3 aliphatic rings. The van der Waals surface area contributed by atoms with Gasteiger partial charge in [-0.1, -0.05) is 6.92 Å². The summed E-state index contributed by atoms with van der Waals surface area (Å²) in [6, 6.07) is 2.76. The van der Waals surface area contributed by atoms with E-state index in [1.807, 2.05) is 4.57 Å². The summed E-state index contributed by atoms with van der Waals surface area (Å²) in [7, 11) is 0. The van der Waals surface area contributed by atoms with Crippen molar-refractivity contribution in [1.82, 2.24) is 9.13 Å². The molecule has 5 heterocycles. The second-order valence-corrected chi connectivity index (χ2v) is 9.89. The van der Waals surface area contributed by atoms with Crippen LogP contribution in [0.25, 0.3) is 22.2 Å². The number of carbonyl (C=O) groups is 1. The molecule has 0 bridgehead atoms. The smallest absolute Gasteiger partial charge is 0.343 e. The normalized spacial score (nSPS) is 20.2. The molecule has 8 nitrogen and oxygen atoms in total. The molecule has 0 saturated carbocycles.